The molecule has 0 aliphatic carbocycles. The zero-order valence-corrected chi connectivity index (χ0v) is 9.94. The molecule has 0 bridgehead atoms. The van der Waals surface area contributed by atoms with Gasteiger partial charge in [-0.2, -0.15) is 26.3 Å². The fourth-order valence-electron chi connectivity index (χ4n) is 1.28. The minimum atomic E-state index is -5.41. The molecule has 0 N–H and O–H groups in total. The number of alkyl halides is 7. The van der Waals surface area contributed by atoms with E-state index in [1.165, 1.54) is 12.1 Å². The van der Waals surface area contributed by atoms with E-state index in [4.69, 9.17) is 11.6 Å². The van der Waals surface area contributed by atoms with Crippen molar-refractivity contribution in [2.24, 2.45) is 5.92 Å². The summed E-state index contributed by atoms with van der Waals surface area (Å²) in [6.45, 7) is 1.58. The Bertz CT molecular complexity index is 366. The summed E-state index contributed by atoms with van der Waals surface area (Å²) >= 11 is 6.15. The van der Waals surface area contributed by atoms with Gasteiger partial charge in [-0.1, -0.05) is 0 Å². The van der Waals surface area contributed by atoms with Crippen LogP contribution in [-0.4, -0.2) is 12.4 Å². The molecule has 0 amide bonds. The van der Waals surface area contributed by atoms with Crippen LogP contribution in [0.3, 0.4) is 0 Å². The summed E-state index contributed by atoms with van der Waals surface area (Å²) in [5.41, 5.74) is 0. The maximum atomic E-state index is 12.4. The highest BCUT2D eigenvalue weighted by atomic mass is 35.5. The van der Waals surface area contributed by atoms with Gasteiger partial charge in [-0.15, -0.1) is 22.9 Å². The van der Waals surface area contributed by atoms with Crippen LogP contribution in [0.2, 0.25) is 0 Å². The fraction of sp³-hybridized carbons (Fsp3) is 0.556. The molecule has 0 saturated carbocycles. The van der Waals surface area contributed by atoms with Gasteiger partial charge in [-0.3, -0.25) is 0 Å². The highest BCUT2D eigenvalue weighted by molar-refractivity contribution is 7.12. The van der Waals surface area contributed by atoms with Gasteiger partial charge in [0.05, 0.1) is 5.38 Å². The van der Waals surface area contributed by atoms with Crippen molar-refractivity contribution in [3.8, 4) is 0 Å². The molecule has 0 fully saturated rings. The molecule has 0 aliphatic rings. The van der Waals surface area contributed by atoms with Gasteiger partial charge >= 0.3 is 12.4 Å². The Morgan fingerprint density at radius 3 is 1.82 bits per heavy atom. The zero-order valence-electron chi connectivity index (χ0n) is 8.36. The average Bonchev–Trinajstić information content (AvgIpc) is 2.45. The molecule has 1 atom stereocenters. The topological polar surface area (TPSA) is 0 Å². The van der Waals surface area contributed by atoms with E-state index in [1.807, 2.05) is 0 Å². The molecule has 0 radical (unpaired) electrons. The second-order valence-corrected chi connectivity index (χ2v) is 5.20. The number of rotatable bonds is 2. The number of aryl methyl sites for hydroxylation is 1. The summed E-state index contributed by atoms with van der Waals surface area (Å²) in [6, 6.07) is 2.61. The van der Waals surface area contributed by atoms with E-state index in [9.17, 15) is 26.3 Å². The van der Waals surface area contributed by atoms with Gasteiger partial charge in [-0.25, -0.2) is 0 Å². The molecule has 8 heteroatoms. The number of hydrogen-bond acceptors (Lipinski definition) is 1. The van der Waals surface area contributed by atoms with E-state index >= 15 is 0 Å². The minimum Gasteiger partial charge on any atom is -0.170 e. The van der Waals surface area contributed by atoms with Gasteiger partial charge in [0.15, 0.2) is 5.92 Å². The molecule has 17 heavy (non-hydrogen) atoms. The van der Waals surface area contributed by atoms with Crippen LogP contribution in [0.5, 0.6) is 0 Å². The van der Waals surface area contributed by atoms with Crippen molar-refractivity contribution < 1.29 is 26.3 Å². The summed E-state index contributed by atoms with van der Waals surface area (Å²) in [5, 5.41) is -2.14. The molecule has 0 aromatic carbocycles. The number of hydrogen-bond donors (Lipinski definition) is 0. The SMILES string of the molecule is Cc1ccc(C(Cl)C(C(F)(F)F)C(F)(F)F)s1. The Kier molecular flexibility index (Phi) is 4.03. The summed E-state index contributed by atoms with van der Waals surface area (Å²) in [4.78, 5) is 0.470. The van der Waals surface area contributed by atoms with E-state index in [1.54, 1.807) is 6.92 Å². The van der Waals surface area contributed by atoms with Gasteiger partial charge in [-0.05, 0) is 19.1 Å². The second-order valence-electron chi connectivity index (χ2n) is 3.41. The van der Waals surface area contributed by atoms with Crippen LogP contribution in [-0.2, 0) is 0 Å². The van der Waals surface area contributed by atoms with Crippen LogP contribution in [0.1, 0.15) is 15.1 Å². The Morgan fingerprint density at radius 1 is 1.06 bits per heavy atom. The van der Waals surface area contributed by atoms with Crippen molar-refractivity contribution in [2.75, 3.05) is 0 Å². The number of halogens is 7. The first-order valence-electron chi connectivity index (χ1n) is 4.37. The maximum absolute atomic E-state index is 12.4. The molecule has 0 spiro atoms. The third kappa shape index (κ3) is 3.51. The van der Waals surface area contributed by atoms with Crippen LogP contribution in [0.4, 0.5) is 26.3 Å². The average molecular weight is 297 g/mol. The summed E-state index contributed by atoms with van der Waals surface area (Å²) < 4.78 is 74.2. The molecule has 1 aromatic rings. The van der Waals surface area contributed by atoms with E-state index in [-0.39, 0.29) is 4.88 Å². The molecule has 0 nitrogen and oxygen atoms in total. The molecule has 1 rings (SSSR count). The highest BCUT2D eigenvalue weighted by Crippen LogP contribution is 2.50. The largest absolute Gasteiger partial charge is 0.402 e. The van der Waals surface area contributed by atoms with Gasteiger partial charge < -0.3 is 0 Å². The Balaban J connectivity index is 3.08. The van der Waals surface area contributed by atoms with E-state index in [0.717, 1.165) is 11.3 Å². The first kappa shape index (κ1) is 14.6. The molecular weight excluding hydrogens is 290 g/mol. The second kappa shape index (κ2) is 4.68. The van der Waals surface area contributed by atoms with Crippen molar-refractivity contribution in [3.63, 3.8) is 0 Å². The van der Waals surface area contributed by atoms with Gasteiger partial charge in [0, 0.05) is 9.75 Å². The van der Waals surface area contributed by atoms with Gasteiger partial charge in [0.1, 0.15) is 0 Å². The lowest BCUT2D eigenvalue weighted by Gasteiger charge is -2.26. The van der Waals surface area contributed by atoms with Crippen LogP contribution in [0.25, 0.3) is 0 Å². The highest BCUT2D eigenvalue weighted by Gasteiger charge is 2.60. The van der Waals surface area contributed by atoms with Crippen molar-refractivity contribution in [1.29, 1.82) is 0 Å². The molecule has 1 unspecified atom stereocenters. The third-order valence-electron chi connectivity index (χ3n) is 2.03. The predicted molar refractivity (Wildman–Crippen MR) is 53.3 cm³/mol. The predicted octanol–water partition coefficient (Wildman–Crippen LogP) is 5.08. The van der Waals surface area contributed by atoms with E-state index in [2.05, 4.69) is 0 Å². The Hall–Kier alpha value is -0.430. The molecule has 1 aromatic heterocycles. The normalized spacial score (nSPS) is 15.4. The summed E-state index contributed by atoms with van der Waals surface area (Å²) in [6.07, 6.45) is -10.8. The van der Waals surface area contributed by atoms with Crippen LogP contribution >= 0.6 is 22.9 Å². The third-order valence-corrected chi connectivity index (χ3v) is 3.73. The first-order valence-corrected chi connectivity index (χ1v) is 5.62. The monoisotopic (exact) mass is 296 g/mol. The lowest BCUT2D eigenvalue weighted by Crippen LogP contribution is -2.39. The van der Waals surface area contributed by atoms with Crippen LogP contribution < -0.4 is 0 Å². The minimum absolute atomic E-state index is 0.135. The Labute approximate surface area is 102 Å². The van der Waals surface area contributed by atoms with Crippen molar-refractivity contribution in [3.05, 3.63) is 21.9 Å². The molecule has 1 heterocycles. The first-order chi connectivity index (χ1) is 7.53. The van der Waals surface area contributed by atoms with Gasteiger partial charge in [0.25, 0.3) is 0 Å². The standard InChI is InChI=1S/C9H7ClF6S/c1-4-2-3-5(17-4)6(10)7(8(11,12)13)9(14,15)16/h2-3,6-7H,1H3. The van der Waals surface area contributed by atoms with Crippen molar-refractivity contribution in [2.45, 2.75) is 24.7 Å². The molecule has 0 saturated heterocycles. The maximum Gasteiger partial charge on any atom is 0.402 e. The summed E-state index contributed by atoms with van der Waals surface area (Å²) in [5.74, 6) is -3.55. The quantitative estimate of drug-likeness (QED) is 0.527. The van der Waals surface area contributed by atoms with Crippen LogP contribution in [0, 0.1) is 12.8 Å². The van der Waals surface area contributed by atoms with Crippen molar-refractivity contribution in [1.82, 2.24) is 0 Å². The smallest absolute Gasteiger partial charge is 0.170 e. The fourth-order valence-corrected chi connectivity index (χ4v) is 2.67. The molecule has 0 aliphatic heterocycles. The summed E-state index contributed by atoms with van der Waals surface area (Å²) in [7, 11) is 0. The molecular formula is C9H7ClF6S. The van der Waals surface area contributed by atoms with Gasteiger partial charge in [0.2, 0.25) is 0 Å². The van der Waals surface area contributed by atoms with E-state index in [0.29, 0.717) is 4.88 Å². The molecule has 98 valence electrons. The number of thiophene rings is 1. The van der Waals surface area contributed by atoms with Crippen LogP contribution in [0.15, 0.2) is 12.1 Å². The lowest BCUT2D eigenvalue weighted by molar-refractivity contribution is -0.284. The Morgan fingerprint density at radius 2 is 1.53 bits per heavy atom. The van der Waals surface area contributed by atoms with Crippen molar-refractivity contribution >= 4 is 22.9 Å². The zero-order chi connectivity index (χ0) is 13.4. The van der Waals surface area contributed by atoms with E-state index < -0.39 is 23.6 Å². The lowest BCUT2D eigenvalue weighted by atomic mass is 10.0.